The van der Waals surface area contributed by atoms with Crippen molar-refractivity contribution in [2.24, 2.45) is 11.5 Å². The predicted molar refractivity (Wildman–Crippen MR) is 37.5 cm³/mol. The molecule has 0 saturated heterocycles. The van der Waals surface area contributed by atoms with Gasteiger partial charge < -0.3 is 28.7 Å². The van der Waals surface area contributed by atoms with Gasteiger partial charge in [-0.15, -0.1) is 0 Å². The Morgan fingerprint density at radius 2 is 1.00 bits per heavy atom. The Morgan fingerprint density at radius 3 is 1.09 bits per heavy atom. The van der Waals surface area contributed by atoms with Gasteiger partial charge in [-0.2, -0.15) is 0 Å². The lowest BCUT2D eigenvalue weighted by Gasteiger charge is -1.94. The number of hydrogen-bond donors (Lipinski definition) is 2. The van der Waals surface area contributed by atoms with E-state index in [4.69, 9.17) is 11.5 Å². The third-order valence-corrected chi connectivity index (χ3v) is 0.658. The van der Waals surface area contributed by atoms with Crippen LogP contribution in [-0.2, 0) is 0 Å². The quantitative estimate of drug-likeness (QED) is 0.381. The summed E-state index contributed by atoms with van der Waals surface area (Å²) >= 11 is 0. The fraction of sp³-hybridized carbons (Fsp3) is 1.00. The van der Waals surface area contributed by atoms with E-state index in [0.29, 0.717) is 0 Å². The maximum atomic E-state index is 9.75. The molecule has 0 aliphatic carbocycles. The first-order chi connectivity index (χ1) is 4.91. The lowest BCUT2D eigenvalue weighted by atomic mass is 10.3. The number of rotatable bonds is 3. The molecule has 0 aliphatic rings. The molecule has 0 atom stereocenters. The molecule has 0 rings (SSSR count). The second kappa shape index (κ2) is 7.81. The van der Waals surface area contributed by atoms with E-state index in [9.17, 15) is 17.3 Å². The Balaban J connectivity index is 0. The Labute approximate surface area is 63.0 Å². The summed E-state index contributed by atoms with van der Waals surface area (Å²) in [5.74, 6) is 0. The van der Waals surface area contributed by atoms with Crippen molar-refractivity contribution in [3.05, 3.63) is 0 Å². The Kier molecular flexibility index (Phi) is 9.44. The van der Waals surface area contributed by atoms with Crippen LogP contribution in [0.4, 0.5) is 17.3 Å². The Morgan fingerprint density at radius 1 is 0.818 bits per heavy atom. The van der Waals surface area contributed by atoms with E-state index in [2.05, 4.69) is 0 Å². The highest BCUT2D eigenvalue weighted by molar-refractivity contribution is 6.50. The predicted octanol–water partition coefficient (Wildman–Crippen LogP) is 0.984. The van der Waals surface area contributed by atoms with E-state index >= 15 is 0 Å². The van der Waals surface area contributed by atoms with Crippen LogP contribution in [-0.4, -0.2) is 20.3 Å². The molecule has 7 heteroatoms. The minimum atomic E-state index is -6.00. The van der Waals surface area contributed by atoms with Gasteiger partial charge in [0.25, 0.3) is 0 Å². The number of nitrogens with two attached hydrogens (primary N) is 2. The minimum absolute atomic E-state index is 0.775. The summed E-state index contributed by atoms with van der Waals surface area (Å²) in [6.45, 7) is 1.55. The topological polar surface area (TPSA) is 52.0 Å². The highest BCUT2D eigenvalue weighted by Gasteiger charge is 2.20. The molecule has 0 unspecified atom stereocenters. The molecule has 0 amide bonds. The van der Waals surface area contributed by atoms with E-state index in [1.807, 2.05) is 0 Å². The van der Waals surface area contributed by atoms with Crippen molar-refractivity contribution in [3.63, 3.8) is 0 Å². The monoisotopic (exact) mass is 175 g/mol. The zero-order chi connectivity index (χ0) is 9.33. The lowest BCUT2D eigenvalue weighted by Crippen LogP contribution is -2.03. The van der Waals surface area contributed by atoms with Crippen molar-refractivity contribution in [1.29, 1.82) is 0 Å². The Bertz CT molecular complexity index is 67.0. The summed E-state index contributed by atoms with van der Waals surface area (Å²) in [4.78, 5) is 0. The van der Waals surface area contributed by atoms with Gasteiger partial charge in [0.15, 0.2) is 0 Å². The highest BCUT2D eigenvalue weighted by atomic mass is 19.5. The molecule has 0 heterocycles. The average molecular weight is 175 g/mol. The van der Waals surface area contributed by atoms with Gasteiger partial charge in [0.1, 0.15) is 0 Å². The van der Waals surface area contributed by atoms with Crippen LogP contribution in [0, 0.1) is 0 Å². The standard InChI is InChI=1S/C4H12N2.BF4/c5-3-1-2-4-6;2-1(3,4)5/h1-6H2;/q;-1. The molecule has 0 radical (unpaired) electrons. The summed E-state index contributed by atoms with van der Waals surface area (Å²) in [6.07, 6.45) is 2.13. The van der Waals surface area contributed by atoms with Crippen LogP contribution in [0.1, 0.15) is 12.8 Å². The van der Waals surface area contributed by atoms with Gasteiger partial charge in [-0.1, -0.05) is 0 Å². The first kappa shape index (κ1) is 13.3. The molecule has 11 heavy (non-hydrogen) atoms. The average Bonchev–Trinajstić information content (AvgIpc) is 1.79. The molecule has 0 fully saturated rings. The van der Waals surface area contributed by atoms with Gasteiger partial charge in [-0.3, -0.25) is 0 Å². The van der Waals surface area contributed by atoms with E-state index in [1.54, 1.807) is 0 Å². The van der Waals surface area contributed by atoms with Crippen molar-refractivity contribution in [2.45, 2.75) is 12.8 Å². The third-order valence-electron chi connectivity index (χ3n) is 0.658. The molecule has 0 aromatic carbocycles. The molecule has 0 bridgehead atoms. The van der Waals surface area contributed by atoms with Gasteiger partial charge in [0.05, 0.1) is 0 Å². The van der Waals surface area contributed by atoms with Crippen LogP contribution in [0.15, 0.2) is 0 Å². The van der Waals surface area contributed by atoms with Crippen LogP contribution in [0.5, 0.6) is 0 Å². The van der Waals surface area contributed by atoms with Crippen molar-refractivity contribution in [2.75, 3.05) is 13.1 Å². The summed E-state index contributed by atoms with van der Waals surface area (Å²) in [5.41, 5.74) is 10.3. The third kappa shape index (κ3) is 78.7. The summed E-state index contributed by atoms with van der Waals surface area (Å²) in [6, 6.07) is 0. The van der Waals surface area contributed by atoms with E-state index in [0.717, 1.165) is 25.9 Å². The van der Waals surface area contributed by atoms with Crippen LogP contribution in [0.2, 0.25) is 0 Å². The van der Waals surface area contributed by atoms with E-state index in [1.165, 1.54) is 0 Å². The van der Waals surface area contributed by atoms with Crippen LogP contribution < -0.4 is 11.5 Å². The second-order valence-corrected chi connectivity index (χ2v) is 1.78. The van der Waals surface area contributed by atoms with Gasteiger partial charge >= 0.3 is 7.25 Å². The van der Waals surface area contributed by atoms with Gasteiger partial charge in [-0.05, 0) is 25.9 Å². The molecular weight excluding hydrogens is 163 g/mol. The number of halogens is 4. The first-order valence-corrected chi connectivity index (χ1v) is 3.19. The van der Waals surface area contributed by atoms with Crippen molar-refractivity contribution < 1.29 is 17.3 Å². The van der Waals surface area contributed by atoms with Crippen molar-refractivity contribution in [1.82, 2.24) is 0 Å². The lowest BCUT2D eigenvalue weighted by molar-refractivity contribution is 0.368. The largest absolute Gasteiger partial charge is 0.673 e. The molecule has 0 aliphatic heterocycles. The highest BCUT2D eigenvalue weighted by Crippen LogP contribution is 2.06. The molecule has 0 aromatic heterocycles. The maximum absolute atomic E-state index is 9.75. The van der Waals surface area contributed by atoms with E-state index in [-0.39, 0.29) is 0 Å². The smallest absolute Gasteiger partial charge is 0.418 e. The van der Waals surface area contributed by atoms with Crippen LogP contribution in [0.3, 0.4) is 0 Å². The van der Waals surface area contributed by atoms with Crippen molar-refractivity contribution in [3.8, 4) is 0 Å². The van der Waals surface area contributed by atoms with Gasteiger partial charge in [0, 0.05) is 0 Å². The molecule has 2 nitrogen and oxygen atoms in total. The van der Waals surface area contributed by atoms with E-state index < -0.39 is 7.25 Å². The maximum Gasteiger partial charge on any atom is 0.673 e. The number of unbranched alkanes of at least 4 members (excludes halogenated alkanes) is 1. The van der Waals surface area contributed by atoms with Gasteiger partial charge in [0.2, 0.25) is 0 Å². The van der Waals surface area contributed by atoms with Crippen LogP contribution in [0.25, 0.3) is 0 Å². The molecular formula is C4H12BF4N2-. The molecule has 70 valence electrons. The molecule has 0 aromatic rings. The van der Waals surface area contributed by atoms with Crippen LogP contribution >= 0.6 is 0 Å². The zero-order valence-electron chi connectivity index (χ0n) is 6.07. The SMILES string of the molecule is F[B-](F)(F)F.NCCCCN. The molecule has 0 spiro atoms. The fourth-order valence-electron chi connectivity index (χ4n) is 0.289. The normalized spacial score (nSPS) is 10.4. The zero-order valence-corrected chi connectivity index (χ0v) is 6.07. The first-order valence-electron chi connectivity index (χ1n) is 3.19. The molecule has 4 N–H and O–H groups in total. The Hall–Kier alpha value is -0.295. The number of hydrogen-bond acceptors (Lipinski definition) is 2. The second-order valence-electron chi connectivity index (χ2n) is 1.78. The minimum Gasteiger partial charge on any atom is -0.418 e. The van der Waals surface area contributed by atoms with Crippen molar-refractivity contribution >= 4 is 7.25 Å². The summed E-state index contributed by atoms with van der Waals surface area (Å²) in [7, 11) is -6.00. The summed E-state index contributed by atoms with van der Waals surface area (Å²) in [5, 5.41) is 0. The fourth-order valence-corrected chi connectivity index (χ4v) is 0.289. The molecule has 0 saturated carbocycles. The van der Waals surface area contributed by atoms with Gasteiger partial charge in [-0.25, -0.2) is 0 Å². The summed E-state index contributed by atoms with van der Waals surface area (Å²) < 4.78 is 39.0.